The molecular formula is C22H37NSSe. The number of hydrogen-bond donors (Lipinski definition) is 0. The van der Waals surface area contributed by atoms with E-state index >= 15 is 0 Å². The molecule has 0 aliphatic rings. The Morgan fingerprint density at radius 1 is 0.720 bits per heavy atom. The molecule has 0 N–H and O–H groups in total. The number of aromatic nitrogens is 1. The second-order valence-electron chi connectivity index (χ2n) is 7.43. The van der Waals surface area contributed by atoms with Gasteiger partial charge in [-0.3, -0.25) is 0 Å². The van der Waals surface area contributed by atoms with Crippen LogP contribution in [0.2, 0.25) is 0 Å². The third-order valence-corrected chi connectivity index (χ3v) is 8.02. The predicted octanol–water partition coefficient (Wildman–Crippen LogP) is 7.77. The minimum absolute atomic E-state index is 0.585. The van der Waals surface area contributed by atoms with Crippen molar-refractivity contribution in [2.45, 2.75) is 110 Å². The first-order valence-corrected chi connectivity index (χ1v) is 13.5. The normalized spacial score (nSPS) is 11.6. The van der Waals surface area contributed by atoms with Crippen LogP contribution in [-0.2, 0) is 6.42 Å². The van der Waals surface area contributed by atoms with Crippen molar-refractivity contribution in [3.8, 4) is 0 Å². The van der Waals surface area contributed by atoms with Crippen LogP contribution in [0.1, 0.15) is 108 Å². The summed E-state index contributed by atoms with van der Waals surface area (Å²) in [7, 11) is 0. The maximum absolute atomic E-state index is 4.74. The van der Waals surface area contributed by atoms with Gasteiger partial charge in [-0.2, -0.15) is 0 Å². The van der Waals surface area contributed by atoms with Gasteiger partial charge >= 0.3 is 107 Å². The van der Waals surface area contributed by atoms with Gasteiger partial charge in [0, 0.05) is 0 Å². The molecule has 0 aromatic carbocycles. The van der Waals surface area contributed by atoms with Gasteiger partial charge in [0.05, 0.1) is 0 Å². The number of hydrogen-bond acceptors (Lipinski definition) is 2. The molecule has 0 saturated heterocycles. The third-order valence-electron chi connectivity index (χ3n) is 5.07. The van der Waals surface area contributed by atoms with Crippen molar-refractivity contribution in [3.63, 3.8) is 0 Å². The van der Waals surface area contributed by atoms with Gasteiger partial charge in [-0.1, -0.05) is 58.3 Å². The molecule has 2 heterocycles. The Labute approximate surface area is 165 Å². The summed E-state index contributed by atoms with van der Waals surface area (Å²) in [6.07, 6.45) is 22.8. The topological polar surface area (TPSA) is 12.9 Å². The molecule has 1 nitrogen and oxygen atoms in total. The summed E-state index contributed by atoms with van der Waals surface area (Å²) in [6, 6.07) is 0. The molecule has 0 aliphatic heterocycles. The molecule has 0 saturated carbocycles. The molecule has 0 radical (unpaired) electrons. The maximum atomic E-state index is 4.74. The Balaban J connectivity index is 1.30. The van der Waals surface area contributed by atoms with Crippen LogP contribution in [0, 0.1) is 0 Å². The van der Waals surface area contributed by atoms with Crippen LogP contribution >= 0.6 is 11.3 Å². The molecular weight excluding hydrogens is 389 g/mol. The summed E-state index contributed by atoms with van der Waals surface area (Å²) in [5, 5.41) is 1.36. The van der Waals surface area contributed by atoms with Crippen LogP contribution in [0.25, 0.3) is 10.2 Å². The number of nitrogens with zero attached hydrogens (tertiary/aromatic N) is 1. The molecule has 2 aromatic heterocycles. The zero-order valence-corrected chi connectivity index (χ0v) is 18.8. The molecule has 0 unspecified atom stereocenters. The molecule has 0 aliphatic carbocycles. The molecule has 2 aromatic rings. The van der Waals surface area contributed by atoms with E-state index in [1.807, 2.05) is 11.3 Å². The standard InChI is InChI=1S/C22H37NSSe/c1-2-3-4-5-6-7-8-9-10-11-12-13-14-15-16-17-22-23-20-18-25-19-21(20)24-22/h18-19H,2-17H2,1H3. The van der Waals surface area contributed by atoms with E-state index in [1.54, 1.807) is 0 Å². The molecule has 142 valence electrons. The average molecular weight is 427 g/mol. The van der Waals surface area contributed by atoms with Crippen molar-refractivity contribution in [2.75, 3.05) is 0 Å². The molecule has 0 amide bonds. The van der Waals surface area contributed by atoms with Gasteiger partial charge < -0.3 is 0 Å². The first-order chi connectivity index (χ1) is 12.4. The summed E-state index contributed by atoms with van der Waals surface area (Å²) >= 11 is 2.51. The van der Waals surface area contributed by atoms with E-state index in [2.05, 4.69) is 16.8 Å². The van der Waals surface area contributed by atoms with Crippen LogP contribution in [0.3, 0.4) is 0 Å². The fourth-order valence-corrected chi connectivity index (χ4v) is 6.44. The predicted molar refractivity (Wildman–Crippen MR) is 115 cm³/mol. The Kier molecular flexibility index (Phi) is 11.9. The Morgan fingerprint density at radius 3 is 1.76 bits per heavy atom. The van der Waals surface area contributed by atoms with E-state index in [0.29, 0.717) is 14.5 Å². The molecule has 25 heavy (non-hydrogen) atoms. The molecule has 0 fully saturated rings. The van der Waals surface area contributed by atoms with Crippen molar-refractivity contribution in [1.82, 2.24) is 4.98 Å². The number of unbranched alkanes of at least 4 members (excludes halogenated alkanes) is 14. The summed E-state index contributed by atoms with van der Waals surface area (Å²) in [4.78, 5) is 9.43. The fraction of sp³-hybridized carbons (Fsp3) is 0.773. The quantitative estimate of drug-likeness (QED) is 0.197. The Morgan fingerprint density at radius 2 is 1.24 bits per heavy atom. The number of thiazole rings is 1. The zero-order chi connectivity index (χ0) is 17.6. The summed E-state index contributed by atoms with van der Waals surface area (Å²) < 4.78 is 1.44. The van der Waals surface area contributed by atoms with E-state index in [1.165, 1.54) is 118 Å². The number of rotatable bonds is 16. The monoisotopic (exact) mass is 427 g/mol. The van der Waals surface area contributed by atoms with Crippen molar-refractivity contribution in [2.24, 2.45) is 0 Å². The second-order valence-corrected chi connectivity index (χ2v) is 10.1. The molecule has 0 atom stereocenters. The molecule has 3 heteroatoms. The van der Waals surface area contributed by atoms with Crippen LogP contribution in [0.5, 0.6) is 0 Å². The second kappa shape index (κ2) is 14.0. The Hall–Kier alpha value is -0.111. The molecule has 0 bridgehead atoms. The van der Waals surface area contributed by atoms with Crippen LogP contribution in [0.15, 0.2) is 9.88 Å². The Bertz CT molecular complexity index is 516. The van der Waals surface area contributed by atoms with Gasteiger partial charge in [-0.05, 0) is 0 Å². The van der Waals surface area contributed by atoms with Crippen molar-refractivity contribution in [3.05, 3.63) is 14.9 Å². The van der Waals surface area contributed by atoms with E-state index in [-0.39, 0.29) is 0 Å². The van der Waals surface area contributed by atoms with Gasteiger partial charge in [0.25, 0.3) is 0 Å². The van der Waals surface area contributed by atoms with Crippen LogP contribution in [0.4, 0.5) is 0 Å². The fourth-order valence-electron chi connectivity index (χ4n) is 3.48. The van der Waals surface area contributed by atoms with Gasteiger partial charge in [0.2, 0.25) is 0 Å². The van der Waals surface area contributed by atoms with E-state index in [4.69, 9.17) is 4.98 Å². The number of aryl methyl sites for hydroxylation is 1. The van der Waals surface area contributed by atoms with Crippen molar-refractivity contribution in [1.29, 1.82) is 0 Å². The first-order valence-electron chi connectivity index (χ1n) is 10.7. The molecule has 0 spiro atoms. The third kappa shape index (κ3) is 9.40. The minimum atomic E-state index is 0.585. The van der Waals surface area contributed by atoms with Crippen molar-refractivity contribution < 1.29 is 0 Å². The molecule has 2 rings (SSSR count). The number of fused-ring (bicyclic) bond motifs is 1. The van der Waals surface area contributed by atoms with E-state index < -0.39 is 0 Å². The van der Waals surface area contributed by atoms with E-state index in [9.17, 15) is 0 Å². The van der Waals surface area contributed by atoms with Crippen LogP contribution in [-0.4, -0.2) is 19.5 Å². The van der Waals surface area contributed by atoms with Crippen LogP contribution < -0.4 is 0 Å². The zero-order valence-electron chi connectivity index (χ0n) is 16.2. The average Bonchev–Trinajstić information content (AvgIpc) is 3.20. The summed E-state index contributed by atoms with van der Waals surface area (Å²) in [5.41, 5.74) is 1.28. The van der Waals surface area contributed by atoms with Gasteiger partial charge in [0.15, 0.2) is 0 Å². The first kappa shape index (κ1) is 21.2. The van der Waals surface area contributed by atoms with Gasteiger partial charge in [-0.25, -0.2) is 0 Å². The van der Waals surface area contributed by atoms with E-state index in [0.717, 1.165) is 0 Å². The summed E-state index contributed by atoms with van der Waals surface area (Å²) in [5.74, 6) is 0. The summed E-state index contributed by atoms with van der Waals surface area (Å²) in [6.45, 7) is 2.30. The van der Waals surface area contributed by atoms with Gasteiger partial charge in [-0.15, -0.1) is 0 Å². The van der Waals surface area contributed by atoms with Gasteiger partial charge in [0.1, 0.15) is 0 Å². The SMILES string of the molecule is CCCCCCCCCCCCCCCCCc1nc2c[se]cc2s1. The van der Waals surface area contributed by atoms with Crippen molar-refractivity contribution >= 4 is 36.1 Å².